The molecule has 140 valence electrons. The molecule has 0 aliphatic heterocycles. The molecule has 1 aromatic heterocycles. The van der Waals surface area contributed by atoms with E-state index < -0.39 is 26.0 Å². The second-order valence-electron chi connectivity index (χ2n) is 5.84. The van der Waals surface area contributed by atoms with Crippen LogP contribution in [0.5, 0.6) is 0 Å². The first kappa shape index (κ1) is 18.8. The molecule has 0 aliphatic rings. The Kier molecular flexibility index (Phi) is 5.38. The molecule has 0 aliphatic carbocycles. The number of hydrogen-bond donors (Lipinski definition) is 1. The number of nitrogens with zero attached hydrogens (tertiary/aromatic N) is 2. The zero-order chi connectivity index (χ0) is 19.4. The Bertz CT molecular complexity index is 1150. The molecule has 1 N–H and O–H groups in total. The molecular weight excluding hydrogens is 368 g/mol. The van der Waals surface area contributed by atoms with Gasteiger partial charge in [0, 0.05) is 19.3 Å². The molecule has 1 heterocycles. The summed E-state index contributed by atoms with van der Waals surface area (Å²) in [6, 6.07) is 15.7. The van der Waals surface area contributed by atoms with Crippen LogP contribution in [0.25, 0.3) is 5.69 Å². The second-order valence-corrected chi connectivity index (χ2v) is 7.76. The highest BCUT2D eigenvalue weighted by atomic mass is 32.2. The van der Waals surface area contributed by atoms with Crippen LogP contribution >= 0.6 is 0 Å². The number of rotatable bonds is 6. The maximum atomic E-state index is 13.0. The minimum Gasteiger partial charge on any atom is -0.396 e. The summed E-state index contributed by atoms with van der Waals surface area (Å²) in [5.74, 6) is 0. The van der Waals surface area contributed by atoms with Crippen LogP contribution in [0.4, 0.5) is 0 Å². The number of benzene rings is 2. The molecule has 3 aromatic rings. The number of para-hydroxylation sites is 1. The lowest BCUT2D eigenvalue weighted by Crippen LogP contribution is -2.41. The Morgan fingerprint density at radius 1 is 0.889 bits per heavy atom. The van der Waals surface area contributed by atoms with Crippen molar-refractivity contribution in [3.63, 3.8) is 0 Å². The van der Waals surface area contributed by atoms with Crippen molar-refractivity contribution in [1.29, 1.82) is 0 Å². The van der Waals surface area contributed by atoms with Crippen molar-refractivity contribution < 1.29 is 13.5 Å². The van der Waals surface area contributed by atoms with Crippen LogP contribution in [0, 0.1) is 0 Å². The Balaban J connectivity index is 2.32. The van der Waals surface area contributed by atoms with Crippen LogP contribution in [-0.2, 0) is 16.4 Å². The number of aliphatic hydroxyl groups excluding tert-OH is 1. The maximum Gasteiger partial charge on any atom is 0.335 e. The molecule has 27 heavy (non-hydrogen) atoms. The first-order valence-electron chi connectivity index (χ1n) is 8.29. The summed E-state index contributed by atoms with van der Waals surface area (Å²) in [5, 5.41) is 9.06. The van der Waals surface area contributed by atoms with Gasteiger partial charge in [0.1, 0.15) is 0 Å². The highest BCUT2D eigenvalue weighted by Crippen LogP contribution is 2.17. The van der Waals surface area contributed by atoms with Crippen LogP contribution in [-0.4, -0.2) is 29.3 Å². The van der Waals surface area contributed by atoms with Crippen molar-refractivity contribution in [3.05, 3.63) is 87.7 Å². The Labute approximate surface area is 155 Å². The molecule has 7 nitrogen and oxygen atoms in total. The van der Waals surface area contributed by atoms with Gasteiger partial charge in [-0.1, -0.05) is 36.4 Å². The summed E-state index contributed by atoms with van der Waals surface area (Å²) < 4.78 is 28.0. The van der Waals surface area contributed by atoms with E-state index in [0.717, 1.165) is 15.3 Å². The third-order valence-corrected chi connectivity index (χ3v) is 5.79. The fourth-order valence-electron chi connectivity index (χ4n) is 2.69. The SMILES string of the molecule is O=c1c(S(=O)(=O)c2ccccc2)cn(CCCO)c(=O)n1-c1ccccc1. The fraction of sp³-hybridized carbons (Fsp3) is 0.158. The fourth-order valence-corrected chi connectivity index (χ4v) is 4.05. The van der Waals surface area contributed by atoms with Gasteiger partial charge < -0.3 is 5.11 Å². The summed E-state index contributed by atoms with van der Waals surface area (Å²) in [7, 11) is -4.12. The molecule has 0 radical (unpaired) electrons. The quantitative estimate of drug-likeness (QED) is 0.687. The molecule has 0 bridgehead atoms. The standard InChI is InChI=1S/C19H18N2O5S/c22-13-7-12-20-14-17(27(25,26)16-10-5-2-6-11-16)18(23)21(19(20)24)15-8-3-1-4-9-15/h1-6,8-11,14,22H,7,12-13H2. The largest absolute Gasteiger partial charge is 0.396 e. The molecule has 0 fully saturated rings. The molecule has 0 saturated heterocycles. The van der Waals surface area contributed by atoms with Crippen molar-refractivity contribution in [2.24, 2.45) is 0 Å². The predicted octanol–water partition coefficient (Wildman–Crippen LogP) is 1.21. The number of aliphatic hydroxyl groups is 1. The van der Waals surface area contributed by atoms with E-state index in [-0.39, 0.29) is 30.2 Å². The Morgan fingerprint density at radius 2 is 1.48 bits per heavy atom. The summed E-state index contributed by atoms with van der Waals surface area (Å²) in [6.07, 6.45) is 1.31. The Morgan fingerprint density at radius 3 is 2.07 bits per heavy atom. The van der Waals surface area contributed by atoms with Crippen LogP contribution in [0.3, 0.4) is 0 Å². The van der Waals surface area contributed by atoms with E-state index in [4.69, 9.17) is 5.11 Å². The van der Waals surface area contributed by atoms with Gasteiger partial charge in [-0.05, 0) is 30.7 Å². The molecule has 0 atom stereocenters. The lowest BCUT2D eigenvalue weighted by atomic mass is 10.3. The van der Waals surface area contributed by atoms with E-state index in [1.807, 2.05) is 0 Å². The highest BCUT2D eigenvalue weighted by molar-refractivity contribution is 7.91. The molecule has 0 spiro atoms. The normalized spacial score (nSPS) is 11.4. The number of sulfone groups is 1. The van der Waals surface area contributed by atoms with Gasteiger partial charge in [-0.15, -0.1) is 0 Å². The maximum absolute atomic E-state index is 13.0. The van der Waals surface area contributed by atoms with Gasteiger partial charge in [-0.2, -0.15) is 0 Å². The monoisotopic (exact) mass is 386 g/mol. The van der Waals surface area contributed by atoms with E-state index in [1.54, 1.807) is 48.5 Å². The molecule has 0 amide bonds. The van der Waals surface area contributed by atoms with Gasteiger partial charge in [-0.3, -0.25) is 9.36 Å². The number of hydrogen-bond acceptors (Lipinski definition) is 5. The lowest BCUT2D eigenvalue weighted by Gasteiger charge is -2.13. The number of aryl methyl sites for hydroxylation is 1. The van der Waals surface area contributed by atoms with Gasteiger partial charge in [0.05, 0.1) is 10.6 Å². The lowest BCUT2D eigenvalue weighted by molar-refractivity contribution is 0.278. The second kappa shape index (κ2) is 7.73. The average molecular weight is 386 g/mol. The topological polar surface area (TPSA) is 98.4 Å². The van der Waals surface area contributed by atoms with Crippen molar-refractivity contribution in [2.75, 3.05) is 6.61 Å². The van der Waals surface area contributed by atoms with E-state index in [9.17, 15) is 18.0 Å². The zero-order valence-corrected chi connectivity index (χ0v) is 15.2. The van der Waals surface area contributed by atoms with Crippen LogP contribution in [0.1, 0.15) is 6.42 Å². The minimum absolute atomic E-state index is 0.0333. The molecule has 0 saturated carbocycles. The van der Waals surface area contributed by atoms with Gasteiger partial charge in [0.15, 0.2) is 4.90 Å². The van der Waals surface area contributed by atoms with Crippen molar-refractivity contribution >= 4 is 9.84 Å². The smallest absolute Gasteiger partial charge is 0.335 e. The summed E-state index contributed by atoms with van der Waals surface area (Å²) in [4.78, 5) is 25.2. The highest BCUT2D eigenvalue weighted by Gasteiger charge is 2.25. The third-order valence-electron chi connectivity index (χ3n) is 4.04. The first-order valence-corrected chi connectivity index (χ1v) is 9.78. The van der Waals surface area contributed by atoms with Crippen LogP contribution in [0.15, 0.2) is 86.2 Å². The zero-order valence-electron chi connectivity index (χ0n) is 14.4. The van der Waals surface area contributed by atoms with E-state index in [0.29, 0.717) is 0 Å². The molecule has 3 rings (SSSR count). The summed E-state index contributed by atoms with van der Waals surface area (Å²) in [6.45, 7) is -0.0859. The third kappa shape index (κ3) is 3.62. The molecule has 8 heteroatoms. The van der Waals surface area contributed by atoms with Crippen molar-refractivity contribution in [2.45, 2.75) is 22.8 Å². The van der Waals surface area contributed by atoms with Gasteiger partial charge in [0.2, 0.25) is 9.84 Å². The first-order chi connectivity index (χ1) is 13.0. The van der Waals surface area contributed by atoms with Gasteiger partial charge in [0.25, 0.3) is 5.56 Å². The minimum atomic E-state index is -4.12. The molecule has 0 unspecified atom stereocenters. The van der Waals surface area contributed by atoms with E-state index >= 15 is 0 Å². The van der Waals surface area contributed by atoms with Crippen LogP contribution in [0.2, 0.25) is 0 Å². The summed E-state index contributed by atoms with van der Waals surface area (Å²) >= 11 is 0. The Hall–Kier alpha value is -2.97. The van der Waals surface area contributed by atoms with E-state index in [2.05, 4.69) is 0 Å². The predicted molar refractivity (Wildman–Crippen MR) is 99.9 cm³/mol. The van der Waals surface area contributed by atoms with E-state index in [1.165, 1.54) is 12.1 Å². The van der Waals surface area contributed by atoms with Gasteiger partial charge in [-0.25, -0.2) is 17.8 Å². The van der Waals surface area contributed by atoms with Crippen LogP contribution < -0.4 is 11.2 Å². The molecule has 2 aromatic carbocycles. The number of aromatic nitrogens is 2. The van der Waals surface area contributed by atoms with Crippen molar-refractivity contribution in [3.8, 4) is 5.69 Å². The summed E-state index contributed by atoms with van der Waals surface area (Å²) in [5.41, 5.74) is -1.29. The molecular formula is C19H18N2O5S. The van der Waals surface area contributed by atoms with Gasteiger partial charge >= 0.3 is 5.69 Å². The van der Waals surface area contributed by atoms with Crippen molar-refractivity contribution in [1.82, 2.24) is 9.13 Å². The average Bonchev–Trinajstić information content (AvgIpc) is 2.69.